The predicted octanol–water partition coefficient (Wildman–Crippen LogP) is 8.96. The summed E-state index contributed by atoms with van der Waals surface area (Å²) in [5.41, 5.74) is 4.64. The molecular formula is C27H28F4O. The molecule has 0 heterocycles. The van der Waals surface area contributed by atoms with Crippen molar-refractivity contribution in [2.24, 2.45) is 0 Å². The lowest BCUT2D eigenvalue weighted by atomic mass is 9.98. The molecule has 3 aromatic rings. The van der Waals surface area contributed by atoms with Crippen LogP contribution in [0.15, 0.2) is 66.7 Å². The molecule has 0 radical (unpaired) electrons. The first-order valence-corrected chi connectivity index (χ1v) is 11.1. The number of ether oxygens (including phenoxy) is 1. The standard InChI is InChI=1S/C27H28F4O/c1-2-3-4-5-6-7-8-20-9-11-21(12-10-20)22-13-15-23(16-14-22)24-17-18-26(25(28)19-24)32-27(29,30)31/h9-19H,2-8H2,1H3. The summed E-state index contributed by atoms with van der Waals surface area (Å²) in [6.07, 6.45) is 3.86. The van der Waals surface area contributed by atoms with Crippen molar-refractivity contribution in [3.05, 3.63) is 78.1 Å². The van der Waals surface area contributed by atoms with Gasteiger partial charge in [0.05, 0.1) is 0 Å². The van der Waals surface area contributed by atoms with Crippen molar-refractivity contribution in [1.82, 2.24) is 0 Å². The first-order chi connectivity index (χ1) is 15.4. The van der Waals surface area contributed by atoms with E-state index in [0.29, 0.717) is 11.1 Å². The van der Waals surface area contributed by atoms with Crippen LogP contribution in [0.1, 0.15) is 51.0 Å². The van der Waals surface area contributed by atoms with Crippen molar-refractivity contribution >= 4 is 0 Å². The number of unbranched alkanes of at least 4 members (excludes halogenated alkanes) is 5. The SMILES string of the molecule is CCCCCCCCc1ccc(-c2ccc(-c3ccc(OC(F)(F)F)c(F)c3)cc2)cc1. The van der Waals surface area contributed by atoms with Crippen LogP contribution in [0.25, 0.3) is 22.3 Å². The average Bonchev–Trinajstić information content (AvgIpc) is 2.77. The molecule has 5 heteroatoms. The Morgan fingerprint density at radius 1 is 0.656 bits per heavy atom. The van der Waals surface area contributed by atoms with Crippen LogP contribution in [0.4, 0.5) is 17.6 Å². The quantitative estimate of drug-likeness (QED) is 0.224. The molecule has 0 amide bonds. The van der Waals surface area contributed by atoms with Crippen molar-refractivity contribution in [1.29, 1.82) is 0 Å². The summed E-state index contributed by atoms with van der Waals surface area (Å²) in [4.78, 5) is 0. The highest BCUT2D eigenvalue weighted by atomic mass is 19.4. The van der Waals surface area contributed by atoms with Gasteiger partial charge >= 0.3 is 6.36 Å². The Bertz CT molecular complexity index is 976. The Morgan fingerprint density at radius 3 is 1.72 bits per heavy atom. The fourth-order valence-electron chi connectivity index (χ4n) is 3.72. The molecule has 0 aromatic heterocycles. The van der Waals surface area contributed by atoms with E-state index in [2.05, 4.69) is 35.9 Å². The first kappa shape index (κ1) is 23.8. The van der Waals surface area contributed by atoms with E-state index in [1.807, 2.05) is 24.3 Å². The number of benzene rings is 3. The molecule has 0 saturated carbocycles. The molecule has 0 aliphatic carbocycles. The van der Waals surface area contributed by atoms with Crippen LogP contribution >= 0.6 is 0 Å². The Labute approximate surface area is 187 Å². The fraction of sp³-hybridized carbons (Fsp3) is 0.333. The third-order valence-electron chi connectivity index (χ3n) is 5.48. The highest BCUT2D eigenvalue weighted by Crippen LogP contribution is 2.31. The van der Waals surface area contributed by atoms with Gasteiger partial charge in [-0.1, -0.05) is 93.6 Å². The van der Waals surface area contributed by atoms with Crippen LogP contribution in [0, 0.1) is 5.82 Å². The maximum absolute atomic E-state index is 14.0. The molecule has 170 valence electrons. The summed E-state index contributed by atoms with van der Waals surface area (Å²) in [6, 6.07) is 19.5. The van der Waals surface area contributed by atoms with E-state index in [4.69, 9.17) is 0 Å². The highest BCUT2D eigenvalue weighted by molar-refractivity contribution is 5.71. The van der Waals surface area contributed by atoms with Crippen LogP contribution in [0.5, 0.6) is 5.75 Å². The van der Waals surface area contributed by atoms with Gasteiger partial charge in [0.25, 0.3) is 0 Å². The third-order valence-corrected chi connectivity index (χ3v) is 5.48. The van der Waals surface area contributed by atoms with Gasteiger partial charge in [0.1, 0.15) is 0 Å². The van der Waals surface area contributed by atoms with Crippen LogP contribution < -0.4 is 4.74 Å². The molecule has 0 fully saturated rings. The molecule has 0 aliphatic rings. The summed E-state index contributed by atoms with van der Waals surface area (Å²) >= 11 is 0. The van der Waals surface area contributed by atoms with Gasteiger partial charge in [0.15, 0.2) is 11.6 Å². The van der Waals surface area contributed by atoms with Gasteiger partial charge in [0.2, 0.25) is 0 Å². The zero-order valence-electron chi connectivity index (χ0n) is 18.2. The van der Waals surface area contributed by atoms with Crippen LogP contribution in [0.3, 0.4) is 0 Å². The normalized spacial score (nSPS) is 11.5. The number of hydrogen-bond donors (Lipinski definition) is 0. The van der Waals surface area contributed by atoms with Crippen molar-refractivity contribution < 1.29 is 22.3 Å². The number of aryl methyl sites for hydroxylation is 1. The van der Waals surface area contributed by atoms with Gasteiger partial charge in [-0.15, -0.1) is 13.2 Å². The van der Waals surface area contributed by atoms with Gasteiger partial charge in [0, 0.05) is 0 Å². The van der Waals surface area contributed by atoms with Gasteiger partial charge in [-0.05, 0) is 52.8 Å². The monoisotopic (exact) mass is 444 g/mol. The molecule has 0 unspecified atom stereocenters. The molecule has 0 spiro atoms. The largest absolute Gasteiger partial charge is 0.573 e. The summed E-state index contributed by atoms with van der Waals surface area (Å²) in [5, 5.41) is 0. The Morgan fingerprint density at radius 2 is 1.16 bits per heavy atom. The summed E-state index contributed by atoms with van der Waals surface area (Å²) < 4.78 is 54.6. The molecule has 0 saturated heterocycles. The first-order valence-electron chi connectivity index (χ1n) is 11.1. The second kappa shape index (κ2) is 11.2. The van der Waals surface area contributed by atoms with Crippen LogP contribution in [-0.2, 0) is 6.42 Å². The van der Waals surface area contributed by atoms with Gasteiger partial charge < -0.3 is 4.74 Å². The number of halogens is 4. The molecular weight excluding hydrogens is 416 g/mol. The van der Waals surface area contributed by atoms with Crippen molar-refractivity contribution in [3.63, 3.8) is 0 Å². The molecule has 0 bridgehead atoms. The zero-order chi connectivity index (χ0) is 23.0. The Balaban J connectivity index is 1.60. The van der Waals surface area contributed by atoms with E-state index >= 15 is 0 Å². The van der Waals surface area contributed by atoms with Gasteiger partial charge in [-0.25, -0.2) is 4.39 Å². The fourth-order valence-corrected chi connectivity index (χ4v) is 3.72. The number of alkyl halides is 3. The Kier molecular flexibility index (Phi) is 8.32. The maximum atomic E-state index is 14.0. The van der Waals surface area contributed by atoms with Gasteiger partial charge in [-0.3, -0.25) is 0 Å². The molecule has 0 N–H and O–H groups in total. The van der Waals surface area contributed by atoms with E-state index in [-0.39, 0.29) is 0 Å². The molecule has 1 nitrogen and oxygen atoms in total. The summed E-state index contributed by atoms with van der Waals surface area (Å²) in [7, 11) is 0. The zero-order valence-corrected chi connectivity index (χ0v) is 18.2. The van der Waals surface area contributed by atoms with E-state index in [1.54, 1.807) is 0 Å². The predicted molar refractivity (Wildman–Crippen MR) is 121 cm³/mol. The van der Waals surface area contributed by atoms with Crippen LogP contribution in [-0.4, -0.2) is 6.36 Å². The smallest absolute Gasteiger partial charge is 0.403 e. The lowest BCUT2D eigenvalue weighted by Gasteiger charge is -2.11. The molecule has 3 rings (SSSR count). The lowest BCUT2D eigenvalue weighted by molar-refractivity contribution is -0.275. The van der Waals surface area contributed by atoms with E-state index < -0.39 is 17.9 Å². The van der Waals surface area contributed by atoms with Crippen molar-refractivity contribution in [2.75, 3.05) is 0 Å². The second-order valence-electron chi connectivity index (χ2n) is 7.99. The average molecular weight is 445 g/mol. The Hall–Kier alpha value is -2.82. The van der Waals surface area contributed by atoms with Gasteiger partial charge in [-0.2, -0.15) is 0 Å². The minimum atomic E-state index is -4.92. The minimum absolute atomic E-state index is 0.484. The topological polar surface area (TPSA) is 9.23 Å². The lowest BCUT2D eigenvalue weighted by Crippen LogP contribution is -2.17. The third kappa shape index (κ3) is 7.11. The maximum Gasteiger partial charge on any atom is 0.573 e. The summed E-state index contributed by atoms with van der Waals surface area (Å²) in [5.74, 6) is -1.89. The number of hydrogen-bond acceptors (Lipinski definition) is 1. The number of rotatable bonds is 10. The second-order valence-corrected chi connectivity index (χ2v) is 7.99. The molecule has 32 heavy (non-hydrogen) atoms. The van der Waals surface area contributed by atoms with E-state index in [9.17, 15) is 17.6 Å². The molecule has 3 aromatic carbocycles. The highest BCUT2D eigenvalue weighted by Gasteiger charge is 2.32. The molecule has 0 atom stereocenters. The van der Waals surface area contributed by atoms with E-state index in [1.165, 1.54) is 50.2 Å². The molecule has 0 aliphatic heterocycles. The van der Waals surface area contributed by atoms with Crippen molar-refractivity contribution in [3.8, 4) is 28.0 Å². The van der Waals surface area contributed by atoms with E-state index in [0.717, 1.165) is 29.7 Å². The minimum Gasteiger partial charge on any atom is -0.403 e. The van der Waals surface area contributed by atoms with Crippen molar-refractivity contribution in [2.45, 2.75) is 58.2 Å². The summed E-state index contributed by atoms with van der Waals surface area (Å²) in [6.45, 7) is 2.23. The van der Waals surface area contributed by atoms with Crippen LogP contribution in [0.2, 0.25) is 0 Å².